The minimum Gasteiger partial charge on any atom is -0.494 e. The summed E-state index contributed by atoms with van der Waals surface area (Å²) in [5.41, 5.74) is 0.281. The molecule has 1 unspecified atom stereocenters. The van der Waals surface area contributed by atoms with Crippen LogP contribution in [0.4, 0.5) is 0 Å². The number of ether oxygens (including phenoxy) is 1. The fourth-order valence-electron chi connectivity index (χ4n) is 3.13. The molecule has 0 spiro atoms. The Bertz CT molecular complexity index is 780. The molecule has 2 heterocycles. The van der Waals surface area contributed by atoms with E-state index >= 15 is 0 Å². The molecule has 0 bridgehead atoms. The number of amides is 1. The number of nitrogens with zero attached hydrogens (tertiary/aromatic N) is 1. The predicted molar refractivity (Wildman–Crippen MR) is 88.0 cm³/mol. The molecule has 5 nitrogen and oxygen atoms in total. The van der Waals surface area contributed by atoms with Crippen LogP contribution in [0.2, 0.25) is 0 Å². The molecule has 122 valence electrons. The summed E-state index contributed by atoms with van der Waals surface area (Å²) in [4.78, 5) is 26.6. The van der Waals surface area contributed by atoms with E-state index in [4.69, 9.17) is 9.15 Å². The molecule has 1 amide bonds. The van der Waals surface area contributed by atoms with Gasteiger partial charge in [0.15, 0.2) is 0 Å². The van der Waals surface area contributed by atoms with Crippen molar-refractivity contribution in [3.8, 4) is 5.75 Å². The monoisotopic (exact) mass is 315 g/mol. The van der Waals surface area contributed by atoms with E-state index in [2.05, 4.69) is 6.92 Å². The van der Waals surface area contributed by atoms with E-state index in [9.17, 15) is 9.59 Å². The quantitative estimate of drug-likeness (QED) is 0.816. The Hall–Kier alpha value is -2.30. The lowest BCUT2D eigenvalue weighted by molar-refractivity contribution is 0.0637. The highest BCUT2D eigenvalue weighted by atomic mass is 16.5. The van der Waals surface area contributed by atoms with Crippen molar-refractivity contribution >= 4 is 16.9 Å². The molecular formula is C18H21NO4. The van der Waals surface area contributed by atoms with Gasteiger partial charge in [0.2, 0.25) is 0 Å². The second-order valence-corrected chi connectivity index (χ2v) is 5.91. The molecule has 23 heavy (non-hydrogen) atoms. The van der Waals surface area contributed by atoms with Crippen molar-refractivity contribution in [2.45, 2.75) is 39.2 Å². The second kappa shape index (κ2) is 6.44. The topological polar surface area (TPSA) is 59.8 Å². The number of fused-ring (bicyclic) bond motifs is 1. The van der Waals surface area contributed by atoms with Crippen molar-refractivity contribution in [3.05, 3.63) is 40.2 Å². The van der Waals surface area contributed by atoms with Gasteiger partial charge in [-0.25, -0.2) is 4.79 Å². The SMILES string of the molecule is CCOc1ccc2c(C(=O)N3CCCCC3C)cc(=O)oc2c1. The first-order valence-corrected chi connectivity index (χ1v) is 8.12. The van der Waals surface area contributed by atoms with Crippen molar-refractivity contribution in [1.82, 2.24) is 4.90 Å². The number of piperidine rings is 1. The molecule has 0 radical (unpaired) electrons. The van der Waals surface area contributed by atoms with Crippen LogP contribution in [0.5, 0.6) is 5.75 Å². The Morgan fingerprint density at radius 2 is 2.17 bits per heavy atom. The maximum absolute atomic E-state index is 12.9. The summed E-state index contributed by atoms with van der Waals surface area (Å²) in [5, 5.41) is 0.649. The standard InChI is InChI=1S/C18H21NO4/c1-3-22-13-7-8-14-15(11-17(20)23-16(14)10-13)18(21)19-9-5-4-6-12(19)2/h7-8,10-12H,3-6,9H2,1-2H3. The van der Waals surface area contributed by atoms with E-state index < -0.39 is 5.63 Å². The summed E-state index contributed by atoms with van der Waals surface area (Å²) in [6.07, 6.45) is 3.14. The summed E-state index contributed by atoms with van der Waals surface area (Å²) in [7, 11) is 0. The van der Waals surface area contributed by atoms with Crippen molar-refractivity contribution in [1.29, 1.82) is 0 Å². The van der Waals surface area contributed by atoms with Crippen LogP contribution in [0.25, 0.3) is 11.0 Å². The predicted octanol–water partition coefficient (Wildman–Crippen LogP) is 3.21. The van der Waals surface area contributed by atoms with Gasteiger partial charge >= 0.3 is 5.63 Å². The molecule has 1 aliphatic heterocycles. The van der Waals surface area contributed by atoms with Gasteiger partial charge in [0.25, 0.3) is 5.91 Å². The van der Waals surface area contributed by atoms with Crippen molar-refractivity contribution in [2.75, 3.05) is 13.2 Å². The van der Waals surface area contributed by atoms with E-state index in [-0.39, 0.29) is 11.9 Å². The highest BCUT2D eigenvalue weighted by molar-refractivity contribution is 6.05. The van der Waals surface area contributed by atoms with Gasteiger partial charge in [-0.2, -0.15) is 0 Å². The van der Waals surface area contributed by atoms with Crippen LogP contribution in [0.15, 0.2) is 33.5 Å². The molecule has 0 N–H and O–H groups in total. The van der Waals surface area contributed by atoms with Crippen LogP contribution < -0.4 is 10.4 Å². The van der Waals surface area contributed by atoms with E-state index in [1.54, 1.807) is 18.2 Å². The number of likely N-dealkylation sites (tertiary alicyclic amines) is 1. The normalized spacial score (nSPS) is 18.2. The summed E-state index contributed by atoms with van der Waals surface area (Å²) >= 11 is 0. The minimum atomic E-state index is -0.515. The Morgan fingerprint density at radius 3 is 2.91 bits per heavy atom. The fourth-order valence-corrected chi connectivity index (χ4v) is 3.13. The Balaban J connectivity index is 2.05. The third-order valence-electron chi connectivity index (χ3n) is 4.32. The van der Waals surface area contributed by atoms with E-state index in [1.807, 2.05) is 11.8 Å². The van der Waals surface area contributed by atoms with Crippen LogP contribution in [0.1, 0.15) is 43.5 Å². The molecule has 1 saturated heterocycles. The first-order chi connectivity index (χ1) is 11.1. The highest BCUT2D eigenvalue weighted by Crippen LogP contribution is 2.26. The second-order valence-electron chi connectivity index (χ2n) is 5.91. The Kier molecular flexibility index (Phi) is 4.37. The van der Waals surface area contributed by atoms with Crippen LogP contribution >= 0.6 is 0 Å². The first kappa shape index (κ1) is 15.6. The lowest BCUT2D eigenvalue weighted by Crippen LogP contribution is -2.42. The van der Waals surface area contributed by atoms with Gasteiger partial charge in [-0.3, -0.25) is 4.79 Å². The van der Waals surface area contributed by atoms with Crippen LogP contribution in [0, 0.1) is 0 Å². The molecule has 1 atom stereocenters. The summed E-state index contributed by atoms with van der Waals surface area (Å²) in [6, 6.07) is 6.73. The maximum Gasteiger partial charge on any atom is 0.337 e. The van der Waals surface area contributed by atoms with E-state index in [1.165, 1.54) is 6.07 Å². The third-order valence-corrected chi connectivity index (χ3v) is 4.32. The molecule has 1 fully saturated rings. The summed E-state index contributed by atoms with van der Waals surface area (Å²) in [5.74, 6) is 0.526. The van der Waals surface area contributed by atoms with E-state index in [0.29, 0.717) is 28.9 Å². The molecule has 3 rings (SSSR count). The zero-order valence-electron chi connectivity index (χ0n) is 13.5. The molecule has 1 aromatic carbocycles. The average molecular weight is 315 g/mol. The number of carbonyl (C=O) groups is 1. The van der Waals surface area contributed by atoms with Crippen LogP contribution in [0.3, 0.4) is 0 Å². The van der Waals surface area contributed by atoms with Gasteiger partial charge in [0, 0.05) is 30.1 Å². The number of hydrogen-bond acceptors (Lipinski definition) is 4. The number of hydrogen-bond donors (Lipinski definition) is 0. The molecule has 1 aliphatic rings. The zero-order valence-corrected chi connectivity index (χ0v) is 13.5. The summed E-state index contributed by atoms with van der Waals surface area (Å²) < 4.78 is 10.7. The van der Waals surface area contributed by atoms with Crippen molar-refractivity contribution in [2.24, 2.45) is 0 Å². The van der Waals surface area contributed by atoms with Gasteiger partial charge in [-0.05, 0) is 45.2 Å². The molecule has 2 aromatic rings. The Labute approximate surface area is 134 Å². The van der Waals surface area contributed by atoms with Crippen LogP contribution in [-0.4, -0.2) is 30.0 Å². The zero-order chi connectivity index (χ0) is 16.4. The van der Waals surface area contributed by atoms with Gasteiger partial charge in [-0.15, -0.1) is 0 Å². The summed E-state index contributed by atoms with van der Waals surface area (Å²) in [6.45, 7) is 5.20. The molecule has 1 aromatic heterocycles. The lowest BCUT2D eigenvalue weighted by atomic mass is 10.0. The molecule has 0 saturated carbocycles. The lowest BCUT2D eigenvalue weighted by Gasteiger charge is -2.33. The van der Waals surface area contributed by atoms with Crippen molar-refractivity contribution < 1.29 is 13.9 Å². The smallest absolute Gasteiger partial charge is 0.337 e. The number of benzene rings is 1. The van der Waals surface area contributed by atoms with Gasteiger partial charge in [0.1, 0.15) is 11.3 Å². The fraction of sp³-hybridized carbons (Fsp3) is 0.444. The minimum absolute atomic E-state index is 0.0979. The van der Waals surface area contributed by atoms with Gasteiger partial charge < -0.3 is 14.1 Å². The average Bonchev–Trinajstić information content (AvgIpc) is 2.54. The van der Waals surface area contributed by atoms with E-state index in [0.717, 1.165) is 25.8 Å². The first-order valence-electron chi connectivity index (χ1n) is 8.12. The number of rotatable bonds is 3. The number of carbonyl (C=O) groups excluding carboxylic acids is 1. The molecule has 5 heteroatoms. The van der Waals surface area contributed by atoms with Crippen molar-refractivity contribution in [3.63, 3.8) is 0 Å². The van der Waals surface area contributed by atoms with Gasteiger partial charge in [0.05, 0.1) is 12.2 Å². The molecule has 0 aliphatic carbocycles. The third kappa shape index (κ3) is 3.09. The largest absolute Gasteiger partial charge is 0.494 e. The van der Waals surface area contributed by atoms with Crippen LogP contribution in [-0.2, 0) is 0 Å². The maximum atomic E-state index is 12.9. The molecular weight excluding hydrogens is 294 g/mol. The Morgan fingerprint density at radius 1 is 1.35 bits per heavy atom. The van der Waals surface area contributed by atoms with Gasteiger partial charge in [-0.1, -0.05) is 0 Å². The highest BCUT2D eigenvalue weighted by Gasteiger charge is 2.26.